The van der Waals surface area contributed by atoms with Gasteiger partial charge in [0.1, 0.15) is 5.76 Å². The molecule has 1 unspecified atom stereocenters. The smallest absolute Gasteiger partial charge is 0.220 e. The predicted molar refractivity (Wildman–Crippen MR) is 70.7 cm³/mol. The maximum Gasteiger partial charge on any atom is 0.220 e. The van der Waals surface area contributed by atoms with Crippen LogP contribution in [0.1, 0.15) is 43.4 Å². The molecule has 2 aromatic rings. The Kier molecular flexibility index (Phi) is 2.62. The third-order valence-electron chi connectivity index (χ3n) is 3.67. The third kappa shape index (κ3) is 1.80. The Morgan fingerprint density at radius 1 is 1.39 bits per heavy atom. The summed E-state index contributed by atoms with van der Waals surface area (Å²) in [5.41, 5.74) is 1.32. The highest BCUT2D eigenvalue weighted by Gasteiger charge is 2.27. The van der Waals surface area contributed by atoms with Gasteiger partial charge in [0, 0.05) is 29.7 Å². The fraction of sp³-hybridized carbons (Fsp3) is 0.400. The van der Waals surface area contributed by atoms with E-state index in [2.05, 4.69) is 37.4 Å². The van der Waals surface area contributed by atoms with Crippen molar-refractivity contribution in [3.05, 3.63) is 35.8 Å². The molecule has 2 heterocycles. The van der Waals surface area contributed by atoms with Crippen LogP contribution in [0.5, 0.6) is 0 Å². The lowest BCUT2D eigenvalue weighted by atomic mass is 9.97. The number of carbonyl (C=O) groups excluding carboxylic acids is 1. The highest BCUT2D eigenvalue weighted by molar-refractivity contribution is 5.87. The van der Waals surface area contributed by atoms with E-state index in [1.807, 2.05) is 0 Å². The van der Waals surface area contributed by atoms with E-state index in [4.69, 9.17) is 4.42 Å². The second-order valence-corrected chi connectivity index (χ2v) is 5.31. The van der Waals surface area contributed by atoms with Gasteiger partial charge >= 0.3 is 0 Å². The molecular weight excluding hydrogens is 226 g/mol. The van der Waals surface area contributed by atoms with Gasteiger partial charge in [0.2, 0.25) is 5.91 Å². The molecule has 0 spiro atoms. The van der Waals surface area contributed by atoms with Crippen LogP contribution in [0.25, 0.3) is 10.8 Å². The molecule has 3 heteroatoms. The van der Waals surface area contributed by atoms with Crippen LogP contribution < -0.4 is 5.32 Å². The highest BCUT2D eigenvalue weighted by Crippen LogP contribution is 2.32. The van der Waals surface area contributed by atoms with Gasteiger partial charge in [-0.05, 0) is 17.5 Å². The molecule has 1 aromatic carbocycles. The molecule has 3 nitrogen and oxygen atoms in total. The summed E-state index contributed by atoms with van der Waals surface area (Å²) in [6.45, 7) is 5.05. The Balaban J connectivity index is 2.02. The quantitative estimate of drug-likeness (QED) is 0.880. The van der Waals surface area contributed by atoms with Crippen molar-refractivity contribution in [2.75, 3.05) is 6.54 Å². The van der Waals surface area contributed by atoms with Crippen LogP contribution in [-0.4, -0.2) is 12.5 Å². The van der Waals surface area contributed by atoms with Gasteiger partial charge in [-0.25, -0.2) is 0 Å². The van der Waals surface area contributed by atoms with Gasteiger partial charge in [0.05, 0.1) is 6.26 Å². The molecule has 1 fully saturated rings. The Morgan fingerprint density at radius 3 is 2.89 bits per heavy atom. The normalized spacial score (nSPS) is 19.7. The number of hydrogen-bond acceptors (Lipinski definition) is 2. The van der Waals surface area contributed by atoms with Crippen molar-refractivity contribution < 1.29 is 9.21 Å². The van der Waals surface area contributed by atoms with Crippen LogP contribution in [0.3, 0.4) is 0 Å². The monoisotopic (exact) mass is 243 g/mol. The lowest BCUT2D eigenvalue weighted by Crippen LogP contribution is -2.13. The van der Waals surface area contributed by atoms with Crippen molar-refractivity contribution in [2.45, 2.75) is 32.1 Å². The van der Waals surface area contributed by atoms with Gasteiger partial charge in [-0.3, -0.25) is 4.79 Å². The molecule has 3 rings (SSSR count). The first-order valence-electron chi connectivity index (χ1n) is 6.43. The fourth-order valence-corrected chi connectivity index (χ4v) is 2.56. The van der Waals surface area contributed by atoms with Gasteiger partial charge < -0.3 is 9.73 Å². The molecule has 0 aliphatic carbocycles. The number of hydrogen-bond donors (Lipinski definition) is 1. The Labute approximate surface area is 106 Å². The average molecular weight is 243 g/mol. The minimum Gasteiger partial charge on any atom is -0.468 e. The summed E-state index contributed by atoms with van der Waals surface area (Å²) in [6.07, 6.45) is 2.34. The summed E-state index contributed by atoms with van der Waals surface area (Å²) in [7, 11) is 0. The number of nitrogens with one attached hydrogen (secondary N) is 1. The summed E-state index contributed by atoms with van der Waals surface area (Å²) in [4.78, 5) is 11.3. The van der Waals surface area contributed by atoms with E-state index in [0.29, 0.717) is 18.9 Å². The van der Waals surface area contributed by atoms with E-state index < -0.39 is 0 Å². The molecular formula is C15H17NO2. The number of furan rings is 1. The number of amides is 1. The molecule has 94 valence electrons. The summed E-state index contributed by atoms with van der Waals surface area (Å²) in [6, 6.07) is 6.44. The maximum atomic E-state index is 11.3. The predicted octanol–water partition coefficient (Wildman–Crippen LogP) is 3.16. The van der Waals surface area contributed by atoms with Gasteiger partial charge in [-0.15, -0.1) is 0 Å². The van der Waals surface area contributed by atoms with Crippen LogP contribution in [-0.2, 0) is 4.79 Å². The Morgan fingerprint density at radius 2 is 2.22 bits per heavy atom. The van der Waals surface area contributed by atoms with E-state index in [9.17, 15) is 4.79 Å². The van der Waals surface area contributed by atoms with Crippen molar-refractivity contribution in [3.8, 4) is 0 Å². The van der Waals surface area contributed by atoms with E-state index in [1.54, 1.807) is 6.26 Å². The lowest BCUT2D eigenvalue weighted by Gasteiger charge is -2.06. The molecule has 0 radical (unpaired) electrons. The van der Waals surface area contributed by atoms with Crippen LogP contribution in [0.2, 0.25) is 0 Å². The molecule has 1 aromatic heterocycles. The largest absolute Gasteiger partial charge is 0.468 e. The zero-order valence-corrected chi connectivity index (χ0v) is 10.7. The van der Waals surface area contributed by atoms with Gasteiger partial charge in [0.15, 0.2) is 0 Å². The molecule has 0 bridgehead atoms. The van der Waals surface area contributed by atoms with E-state index >= 15 is 0 Å². The summed E-state index contributed by atoms with van der Waals surface area (Å²) < 4.78 is 5.69. The number of carbonyl (C=O) groups is 1. The zero-order chi connectivity index (χ0) is 12.7. The van der Waals surface area contributed by atoms with Gasteiger partial charge in [0.25, 0.3) is 0 Å². The minimum atomic E-state index is 0.114. The first kappa shape index (κ1) is 11.3. The van der Waals surface area contributed by atoms with Crippen LogP contribution in [0.15, 0.2) is 28.9 Å². The number of fused-ring (bicyclic) bond motifs is 1. The first-order valence-corrected chi connectivity index (χ1v) is 6.43. The average Bonchev–Trinajstić information content (AvgIpc) is 2.93. The second-order valence-electron chi connectivity index (χ2n) is 5.31. The first-order chi connectivity index (χ1) is 8.65. The third-order valence-corrected chi connectivity index (χ3v) is 3.67. The van der Waals surface area contributed by atoms with Crippen molar-refractivity contribution in [1.29, 1.82) is 0 Å². The van der Waals surface area contributed by atoms with Crippen molar-refractivity contribution in [1.82, 2.24) is 5.32 Å². The fourth-order valence-electron chi connectivity index (χ4n) is 2.56. The Hall–Kier alpha value is -1.77. The topological polar surface area (TPSA) is 42.2 Å². The molecule has 1 aliphatic rings. The number of benzene rings is 1. The van der Waals surface area contributed by atoms with E-state index in [-0.39, 0.29) is 11.8 Å². The van der Waals surface area contributed by atoms with Crippen LogP contribution in [0.4, 0.5) is 0 Å². The zero-order valence-electron chi connectivity index (χ0n) is 10.7. The van der Waals surface area contributed by atoms with E-state index in [1.165, 1.54) is 5.56 Å². The highest BCUT2D eigenvalue weighted by atomic mass is 16.3. The standard InChI is InChI=1S/C15H17NO2/c1-9(2)10-3-4-13-12(5-10)8-18-15(13)11-6-14(17)16-7-11/h3-5,8-9,11H,6-7H2,1-2H3,(H,16,17). The van der Waals surface area contributed by atoms with Crippen molar-refractivity contribution in [2.24, 2.45) is 0 Å². The summed E-state index contributed by atoms with van der Waals surface area (Å²) >= 11 is 0. The maximum absolute atomic E-state index is 11.3. The Bertz CT molecular complexity index is 598. The summed E-state index contributed by atoms with van der Waals surface area (Å²) in [5, 5.41) is 5.13. The molecule has 1 atom stereocenters. The van der Waals surface area contributed by atoms with Crippen LogP contribution >= 0.6 is 0 Å². The number of rotatable bonds is 2. The second kappa shape index (κ2) is 4.16. The molecule has 1 N–H and O–H groups in total. The minimum absolute atomic E-state index is 0.114. The SMILES string of the molecule is CC(C)c1ccc2c(C3CNC(=O)C3)occ2c1. The molecule has 1 amide bonds. The molecule has 1 aliphatic heterocycles. The van der Waals surface area contributed by atoms with E-state index in [0.717, 1.165) is 16.5 Å². The van der Waals surface area contributed by atoms with Gasteiger partial charge in [-0.2, -0.15) is 0 Å². The molecule has 18 heavy (non-hydrogen) atoms. The van der Waals surface area contributed by atoms with Crippen LogP contribution in [0, 0.1) is 0 Å². The van der Waals surface area contributed by atoms with Crippen molar-refractivity contribution in [3.63, 3.8) is 0 Å². The molecule has 0 saturated carbocycles. The lowest BCUT2D eigenvalue weighted by molar-refractivity contribution is -0.119. The molecule has 1 saturated heterocycles. The van der Waals surface area contributed by atoms with Gasteiger partial charge in [-0.1, -0.05) is 26.0 Å². The summed E-state index contributed by atoms with van der Waals surface area (Å²) in [5.74, 6) is 1.75. The van der Waals surface area contributed by atoms with Crippen molar-refractivity contribution >= 4 is 16.7 Å².